The molecule has 10 heteroatoms. The lowest BCUT2D eigenvalue weighted by Gasteiger charge is -2.32. The zero-order valence-electron chi connectivity index (χ0n) is 20.1. The third-order valence-electron chi connectivity index (χ3n) is 5.47. The van der Waals surface area contributed by atoms with Crippen LogP contribution < -0.4 is 14.4 Å². The summed E-state index contributed by atoms with van der Waals surface area (Å²) >= 11 is 0. The second kappa shape index (κ2) is 11.8. The van der Waals surface area contributed by atoms with Crippen LogP contribution in [-0.2, 0) is 26.2 Å². The quantitative estimate of drug-likeness (QED) is 0.519. The van der Waals surface area contributed by atoms with Gasteiger partial charge in [-0.25, -0.2) is 12.8 Å². The number of hydrogen-bond donors (Lipinski definition) is 1. The summed E-state index contributed by atoms with van der Waals surface area (Å²) in [4.78, 5) is 27.5. The van der Waals surface area contributed by atoms with E-state index in [2.05, 4.69) is 5.32 Å². The third kappa shape index (κ3) is 7.44. The van der Waals surface area contributed by atoms with Crippen LogP contribution >= 0.6 is 0 Å². The van der Waals surface area contributed by atoms with Crippen molar-refractivity contribution in [2.75, 3.05) is 24.2 Å². The predicted molar refractivity (Wildman–Crippen MR) is 129 cm³/mol. The molecule has 34 heavy (non-hydrogen) atoms. The smallest absolute Gasteiger partial charge is 0.244 e. The summed E-state index contributed by atoms with van der Waals surface area (Å²) in [5.74, 6) is -0.818. The molecule has 0 heterocycles. The van der Waals surface area contributed by atoms with Crippen LogP contribution in [0.25, 0.3) is 0 Å². The molecule has 2 aromatic rings. The average Bonchev–Trinajstić information content (AvgIpc) is 2.80. The molecule has 0 spiro atoms. The Balaban J connectivity index is 2.36. The summed E-state index contributed by atoms with van der Waals surface area (Å²) in [6, 6.07) is 10.9. The van der Waals surface area contributed by atoms with E-state index in [-0.39, 0.29) is 24.2 Å². The van der Waals surface area contributed by atoms with Gasteiger partial charge in [0.25, 0.3) is 0 Å². The van der Waals surface area contributed by atoms with Crippen molar-refractivity contribution in [3.8, 4) is 5.75 Å². The predicted octanol–water partition coefficient (Wildman–Crippen LogP) is 2.93. The Kier molecular flexibility index (Phi) is 9.43. The van der Waals surface area contributed by atoms with E-state index in [9.17, 15) is 22.4 Å². The lowest BCUT2D eigenvalue weighted by Crippen LogP contribution is -2.52. The first-order valence-electron chi connectivity index (χ1n) is 10.9. The van der Waals surface area contributed by atoms with Gasteiger partial charge in [-0.05, 0) is 62.2 Å². The zero-order chi connectivity index (χ0) is 25.5. The van der Waals surface area contributed by atoms with Crippen molar-refractivity contribution in [3.63, 3.8) is 0 Å². The number of methoxy groups -OCH3 is 1. The number of nitrogens with one attached hydrogen (secondary N) is 1. The number of sulfonamides is 1. The van der Waals surface area contributed by atoms with Gasteiger partial charge in [-0.2, -0.15) is 0 Å². The normalized spacial score (nSPS) is 13.0. The number of anilines is 1. The van der Waals surface area contributed by atoms with Gasteiger partial charge in [0.2, 0.25) is 21.8 Å². The molecular weight excluding hydrogens is 461 g/mol. The molecule has 2 amide bonds. The summed E-state index contributed by atoms with van der Waals surface area (Å²) < 4.78 is 44.5. The number of ether oxygens (including phenoxy) is 1. The van der Waals surface area contributed by atoms with Crippen LogP contribution in [0.4, 0.5) is 10.1 Å². The van der Waals surface area contributed by atoms with Crippen molar-refractivity contribution in [1.82, 2.24) is 10.2 Å². The molecular formula is C24H32FN3O5S. The van der Waals surface area contributed by atoms with Crippen LogP contribution in [0, 0.1) is 5.82 Å². The maximum atomic E-state index is 13.4. The highest BCUT2D eigenvalue weighted by molar-refractivity contribution is 7.92. The number of halogens is 1. The van der Waals surface area contributed by atoms with Gasteiger partial charge in [0.15, 0.2) is 0 Å². The minimum absolute atomic E-state index is 0.00835. The molecule has 8 nitrogen and oxygen atoms in total. The molecule has 0 radical (unpaired) electrons. The van der Waals surface area contributed by atoms with Gasteiger partial charge in [-0.3, -0.25) is 13.9 Å². The SMILES string of the molecule is CC[C@H](C)NC(=O)[C@@H](C)N(Cc1ccc(F)cc1)C(=O)CN(c1ccc(OC)cc1)S(C)(=O)=O. The first-order valence-corrected chi connectivity index (χ1v) is 12.8. The fourth-order valence-corrected chi connectivity index (χ4v) is 4.05. The second-order valence-corrected chi connectivity index (χ2v) is 10.0. The zero-order valence-corrected chi connectivity index (χ0v) is 20.9. The molecule has 0 saturated heterocycles. The first kappa shape index (κ1) is 27.1. The summed E-state index contributed by atoms with van der Waals surface area (Å²) in [7, 11) is -2.33. The van der Waals surface area contributed by atoms with Gasteiger partial charge in [-0.15, -0.1) is 0 Å². The van der Waals surface area contributed by atoms with E-state index < -0.39 is 34.3 Å². The molecule has 0 bridgehead atoms. The number of carbonyl (C=O) groups is 2. The number of benzene rings is 2. The first-order chi connectivity index (χ1) is 16.0. The van der Waals surface area contributed by atoms with Crippen LogP contribution in [0.3, 0.4) is 0 Å². The number of carbonyl (C=O) groups excluding carboxylic acids is 2. The van der Waals surface area contributed by atoms with Crippen LogP contribution in [0.1, 0.15) is 32.8 Å². The lowest BCUT2D eigenvalue weighted by atomic mass is 10.1. The Morgan fingerprint density at radius 1 is 1.06 bits per heavy atom. The Hall–Kier alpha value is -3.14. The van der Waals surface area contributed by atoms with E-state index in [1.807, 2.05) is 13.8 Å². The van der Waals surface area contributed by atoms with E-state index >= 15 is 0 Å². The van der Waals surface area contributed by atoms with E-state index in [0.717, 1.165) is 10.6 Å². The van der Waals surface area contributed by atoms with Crippen molar-refractivity contribution in [2.24, 2.45) is 0 Å². The molecule has 1 N–H and O–H groups in total. The molecule has 0 aromatic heterocycles. The van der Waals surface area contributed by atoms with Crippen LogP contribution in [-0.4, -0.2) is 57.1 Å². The van der Waals surface area contributed by atoms with E-state index in [1.165, 1.54) is 48.4 Å². The minimum Gasteiger partial charge on any atom is -0.497 e. The Morgan fingerprint density at radius 3 is 2.15 bits per heavy atom. The van der Waals surface area contributed by atoms with Crippen LogP contribution in [0.2, 0.25) is 0 Å². The molecule has 0 fully saturated rings. The van der Waals surface area contributed by atoms with Gasteiger partial charge in [0, 0.05) is 12.6 Å². The third-order valence-corrected chi connectivity index (χ3v) is 6.61. The van der Waals surface area contributed by atoms with Gasteiger partial charge >= 0.3 is 0 Å². The van der Waals surface area contributed by atoms with Gasteiger partial charge in [0.1, 0.15) is 24.2 Å². The lowest BCUT2D eigenvalue weighted by molar-refractivity contribution is -0.139. The molecule has 0 aliphatic heterocycles. The maximum Gasteiger partial charge on any atom is 0.244 e. The maximum absolute atomic E-state index is 13.4. The van der Waals surface area contributed by atoms with Crippen molar-refractivity contribution >= 4 is 27.5 Å². The molecule has 2 atom stereocenters. The summed E-state index contributed by atoms with van der Waals surface area (Å²) in [5.41, 5.74) is 0.892. The molecule has 0 unspecified atom stereocenters. The largest absolute Gasteiger partial charge is 0.497 e. The highest BCUT2D eigenvalue weighted by Gasteiger charge is 2.30. The van der Waals surface area contributed by atoms with Crippen molar-refractivity contribution < 1.29 is 27.1 Å². The monoisotopic (exact) mass is 493 g/mol. The number of nitrogens with zero attached hydrogens (tertiary/aromatic N) is 2. The fourth-order valence-electron chi connectivity index (χ4n) is 3.20. The van der Waals surface area contributed by atoms with Crippen LogP contribution in [0.15, 0.2) is 48.5 Å². The Morgan fingerprint density at radius 2 is 1.65 bits per heavy atom. The number of amides is 2. The van der Waals surface area contributed by atoms with E-state index in [1.54, 1.807) is 19.1 Å². The number of rotatable bonds is 11. The topological polar surface area (TPSA) is 96.0 Å². The van der Waals surface area contributed by atoms with Gasteiger partial charge < -0.3 is 15.0 Å². The summed E-state index contributed by atoms with van der Waals surface area (Å²) in [6.07, 6.45) is 1.72. The minimum atomic E-state index is -3.82. The molecule has 0 aliphatic rings. The van der Waals surface area contributed by atoms with Crippen molar-refractivity contribution in [1.29, 1.82) is 0 Å². The molecule has 2 aromatic carbocycles. The van der Waals surface area contributed by atoms with Crippen LogP contribution in [0.5, 0.6) is 5.75 Å². The fraction of sp³-hybridized carbons (Fsp3) is 0.417. The Labute approximate surface area is 200 Å². The van der Waals surface area contributed by atoms with E-state index in [0.29, 0.717) is 17.7 Å². The Bertz CT molecular complexity index is 1070. The molecule has 186 valence electrons. The summed E-state index contributed by atoms with van der Waals surface area (Å²) in [5, 5.41) is 2.85. The average molecular weight is 494 g/mol. The van der Waals surface area contributed by atoms with Crippen molar-refractivity contribution in [2.45, 2.75) is 45.8 Å². The molecule has 0 saturated carbocycles. The van der Waals surface area contributed by atoms with E-state index in [4.69, 9.17) is 4.74 Å². The van der Waals surface area contributed by atoms with Gasteiger partial charge in [0.05, 0.1) is 19.1 Å². The number of hydrogen-bond acceptors (Lipinski definition) is 5. The molecule has 2 rings (SSSR count). The highest BCUT2D eigenvalue weighted by Crippen LogP contribution is 2.22. The molecule has 0 aliphatic carbocycles. The van der Waals surface area contributed by atoms with Crippen molar-refractivity contribution in [3.05, 3.63) is 59.9 Å². The highest BCUT2D eigenvalue weighted by atomic mass is 32.2. The second-order valence-electron chi connectivity index (χ2n) is 8.11. The van der Waals surface area contributed by atoms with Gasteiger partial charge in [-0.1, -0.05) is 19.1 Å². The summed E-state index contributed by atoms with van der Waals surface area (Å²) in [6.45, 7) is 4.86. The standard InChI is InChI=1S/C24H32FN3O5S/c1-6-17(2)26-24(30)18(3)27(15-19-7-9-20(25)10-8-19)23(29)16-28(34(5,31)32)21-11-13-22(33-4)14-12-21/h7-14,17-18H,6,15-16H2,1-5H3,(H,26,30)/t17-,18+/m0/s1.